The second-order valence-electron chi connectivity index (χ2n) is 13.3. The van der Waals surface area contributed by atoms with Crippen molar-refractivity contribution < 1.29 is 41.6 Å². The molecule has 4 aliphatic rings. The standard InChI is InChI=1S/C33H32F4N2O2.CO2/c1-30(2,3)19-6-9-22(29(40)41)25(12-19)28-23-10-7-20(38-15-32(34,35)16-38)13-26(23)31(4,5)27-14-21(8-11-24(27)28)39-17-33(36,37)18-39;2-1-3/h6-14H,15-18H2,1-5H3;. The Morgan fingerprint density at radius 1 is 0.932 bits per heavy atom. The molecule has 2 aliphatic heterocycles. The van der Waals surface area contributed by atoms with Gasteiger partial charge in [-0.2, -0.15) is 18.4 Å². The molecule has 2 fully saturated rings. The number of rotatable bonds is 3. The Bertz CT molecular complexity index is 1720. The van der Waals surface area contributed by atoms with Gasteiger partial charge >= 0.3 is 12.1 Å². The lowest BCUT2D eigenvalue weighted by molar-refractivity contribution is -0.638. The monoisotopic (exact) mass is 608 g/mol. The lowest BCUT2D eigenvalue weighted by Gasteiger charge is -2.43. The fraction of sp³-hybridized carbons (Fsp3) is 0.382. The van der Waals surface area contributed by atoms with Crippen molar-refractivity contribution in [2.75, 3.05) is 31.1 Å². The molecule has 2 aromatic rings. The summed E-state index contributed by atoms with van der Waals surface area (Å²) >= 11 is 0. The number of anilines is 1. The van der Waals surface area contributed by atoms with Crippen molar-refractivity contribution in [3.05, 3.63) is 93.6 Å². The van der Waals surface area contributed by atoms with E-state index < -0.39 is 23.2 Å². The van der Waals surface area contributed by atoms with Crippen molar-refractivity contribution in [3.8, 4) is 0 Å². The average molecular weight is 609 g/mol. The SMILES string of the molecule is CC(C)(C)c1ccc(C(=O)[O-])c(C2=C3C=CC(=[N+]4CC(F)(F)C4)C=C3C(C)(C)c3cc(N4CC(F)(F)C4)ccc32)c1.O=C=O. The maximum atomic E-state index is 13.7. The Hall–Kier alpha value is -4.30. The first-order chi connectivity index (χ1) is 20.4. The first-order valence-corrected chi connectivity index (χ1v) is 14.2. The van der Waals surface area contributed by atoms with Crippen LogP contribution in [0.15, 0.2) is 65.8 Å². The highest BCUT2D eigenvalue weighted by atomic mass is 19.3. The van der Waals surface area contributed by atoms with E-state index in [4.69, 9.17) is 9.59 Å². The van der Waals surface area contributed by atoms with E-state index in [2.05, 4.69) is 0 Å². The van der Waals surface area contributed by atoms with Crippen LogP contribution in [0.4, 0.5) is 23.2 Å². The summed E-state index contributed by atoms with van der Waals surface area (Å²) in [5.41, 5.74) is 5.91. The van der Waals surface area contributed by atoms with E-state index in [1.54, 1.807) is 33.8 Å². The molecule has 0 N–H and O–H groups in total. The number of nitrogens with zero attached hydrogens (tertiary/aromatic N) is 2. The molecule has 2 aliphatic carbocycles. The van der Waals surface area contributed by atoms with Gasteiger partial charge in [-0.15, -0.1) is 0 Å². The first-order valence-electron chi connectivity index (χ1n) is 14.2. The summed E-state index contributed by atoms with van der Waals surface area (Å²) < 4.78 is 56.6. The van der Waals surface area contributed by atoms with Crippen LogP contribution < -0.4 is 10.0 Å². The molecular formula is C34H32F4N2O4. The Kier molecular flexibility index (Phi) is 7.36. The molecule has 0 saturated carbocycles. The summed E-state index contributed by atoms with van der Waals surface area (Å²) in [4.78, 5) is 30.3. The number of carbonyl (C=O) groups is 1. The molecule has 10 heteroatoms. The minimum absolute atomic E-state index is 0.0440. The van der Waals surface area contributed by atoms with Gasteiger partial charge in [0.15, 0.2) is 0 Å². The topological polar surface area (TPSA) is 80.5 Å². The van der Waals surface area contributed by atoms with Crippen LogP contribution in [0.2, 0.25) is 0 Å². The number of benzene rings is 2. The van der Waals surface area contributed by atoms with E-state index in [0.717, 1.165) is 27.8 Å². The summed E-state index contributed by atoms with van der Waals surface area (Å²) in [6, 6.07) is 10.9. The molecule has 0 unspecified atom stereocenters. The second-order valence-corrected chi connectivity index (χ2v) is 13.3. The van der Waals surface area contributed by atoms with E-state index in [0.29, 0.717) is 22.5 Å². The molecule has 0 spiro atoms. The molecule has 230 valence electrons. The number of carbonyl (C=O) groups excluding carboxylic acids is 3. The van der Waals surface area contributed by atoms with Crippen LogP contribution in [-0.4, -0.2) is 60.4 Å². The fourth-order valence-corrected chi connectivity index (χ4v) is 6.29. The summed E-state index contributed by atoms with van der Waals surface area (Å²) in [5, 5.41) is 12.4. The van der Waals surface area contributed by atoms with Crippen molar-refractivity contribution >= 4 is 29.1 Å². The fourth-order valence-electron chi connectivity index (χ4n) is 6.29. The van der Waals surface area contributed by atoms with Gasteiger partial charge in [-0.1, -0.05) is 52.8 Å². The van der Waals surface area contributed by atoms with Crippen LogP contribution in [0.5, 0.6) is 0 Å². The lowest BCUT2D eigenvalue weighted by atomic mass is 9.63. The van der Waals surface area contributed by atoms with Crippen LogP contribution >= 0.6 is 0 Å². The smallest absolute Gasteiger partial charge is 0.373 e. The molecule has 2 saturated heterocycles. The van der Waals surface area contributed by atoms with Crippen molar-refractivity contribution in [3.63, 3.8) is 0 Å². The van der Waals surface area contributed by atoms with Crippen LogP contribution in [0.25, 0.3) is 5.57 Å². The maximum Gasteiger partial charge on any atom is 0.373 e. The van der Waals surface area contributed by atoms with Crippen molar-refractivity contribution in [2.45, 2.75) is 57.3 Å². The van der Waals surface area contributed by atoms with Gasteiger partial charge in [-0.3, -0.25) is 0 Å². The number of hydrogen-bond acceptors (Lipinski definition) is 5. The Balaban J connectivity index is 0.00000123. The van der Waals surface area contributed by atoms with Crippen LogP contribution in [0.1, 0.15) is 67.2 Å². The van der Waals surface area contributed by atoms with Crippen molar-refractivity contribution in [1.29, 1.82) is 0 Å². The normalized spacial score (nSPS) is 20.7. The van der Waals surface area contributed by atoms with E-state index in [9.17, 15) is 27.5 Å². The molecule has 2 aromatic carbocycles. The van der Waals surface area contributed by atoms with Gasteiger partial charge < -0.3 is 14.8 Å². The predicted molar refractivity (Wildman–Crippen MR) is 154 cm³/mol. The molecule has 0 aromatic heterocycles. The summed E-state index contributed by atoms with van der Waals surface area (Å²) in [7, 11) is 0. The highest BCUT2D eigenvalue weighted by Gasteiger charge is 2.51. The molecule has 0 radical (unpaired) electrons. The highest BCUT2D eigenvalue weighted by molar-refractivity contribution is 6.08. The van der Waals surface area contributed by atoms with Crippen molar-refractivity contribution in [2.24, 2.45) is 0 Å². The van der Waals surface area contributed by atoms with Gasteiger partial charge in [0.2, 0.25) is 18.8 Å². The number of alkyl halides is 4. The average Bonchev–Trinajstić information content (AvgIpc) is 2.90. The van der Waals surface area contributed by atoms with Gasteiger partial charge in [0.05, 0.1) is 19.1 Å². The largest absolute Gasteiger partial charge is 0.545 e. The summed E-state index contributed by atoms with van der Waals surface area (Å²) in [6.45, 7) is 8.72. The number of allylic oxidation sites excluding steroid dienone is 5. The van der Waals surface area contributed by atoms with Crippen LogP contribution in [-0.2, 0) is 20.4 Å². The minimum Gasteiger partial charge on any atom is -0.545 e. The third kappa shape index (κ3) is 5.43. The second kappa shape index (κ2) is 10.4. The van der Waals surface area contributed by atoms with Gasteiger partial charge in [0.1, 0.15) is 0 Å². The van der Waals surface area contributed by atoms with Crippen molar-refractivity contribution in [1.82, 2.24) is 0 Å². The molecular weight excluding hydrogens is 576 g/mol. The van der Waals surface area contributed by atoms with Crippen LogP contribution in [0, 0.1) is 0 Å². The van der Waals surface area contributed by atoms with E-state index in [1.165, 1.54) is 0 Å². The highest BCUT2D eigenvalue weighted by Crippen LogP contribution is 2.52. The van der Waals surface area contributed by atoms with Gasteiger partial charge in [-0.25, -0.2) is 13.4 Å². The van der Waals surface area contributed by atoms with Crippen LogP contribution in [0.3, 0.4) is 0 Å². The molecule has 0 atom stereocenters. The molecule has 6 nitrogen and oxygen atoms in total. The number of halogens is 4. The van der Waals surface area contributed by atoms with Gasteiger partial charge in [0.25, 0.3) is 5.92 Å². The Morgan fingerprint density at radius 2 is 1.57 bits per heavy atom. The zero-order valence-corrected chi connectivity index (χ0v) is 25.1. The van der Waals surface area contributed by atoms with Gasteiger partial charge in [0, 0.05) is 28.8 Å². The number of carboxylic acids is 1. The summed E-state index contributed by atoms with van der Waals surface area (Å²) in [6.07, 6.45) is 5.84. The third-order valence-corrected chi connectivity index (χ3v) is 8.69. The number of aromatic carboxylic acids is 1. The number of hydrogen-bond donors (Lipinski definition) is 0. The number of carboxylic acid groups (broad SMARTS) is 1. The third-order valence-electron chi connectivity index (χ3n) is 8.69. The number of fused-ring (bicyclic) bond motifs is 2. The zero-order chi connectivity index (χ0) is 32.4. The van der Waals surface area contributed by atoms with E-state index in [1.807, 2.05) is 65.0 Å². The maximum absolute atomic E-state index is 13.7. The molecule has 2 heterocycles. The minimum atomic E-state index is -2.74. The zero-order valence-electron chi connectivity index (χ0n) is 25.1. The summed E-state index contributed by atoms with van der Waals surface area (Å²) in [5.74, 6) is -6.78. The predicted octanol–water partition coefficient (Wildman–Crippen LogP) is 4.91. The van der Waals surface area contributed by atoms with Gasteiger partial charge in [-0.05, 0) is 68.7 Å². The molecule has 0 amide bonds. The molecule has 6 rings (SSSR count). The van der Waals surface area contributed by atoms with E-state index in [-0.39, 0.29) is 43.3 Å². The Morgan fingerprint density at radius 3 is 2.11 bits per heavy atom. The van der Waals surface area contributed by atoms with E-state index >= 15 is 0 Å². The first kappa shape index (κ1) is 31.1. The Labute approximate surface area is 252 Å². The molecule has 0 bridgehead atoms. The quantitative estimate of drug-likeness (QED) is 0.366. The lowest BCUT2D eigenvalue weighted by Crippen LogP contribution is -2.56. The molecule has 44 heavy (non-hydrogen) atoms.